The molecular formula is C19H14F3N5O3. The minimum Gasteiger partial charge on any atom is -0.454 e. The topological polar surface area (TPSA) is 111 Å². The van der Waals surface area contributed by atoms with Crippen LogP contribution in [-0.2, 0) is 6.18 Å². The molecule has 0 unspecified atom stereocenters. The van der Waals surface area contributed by atoms with Gasteiger partial charge in [-0.15, -0.1) is 0 Å². The van der Waals surface area contributed by atoms with E-state index in [2.05, 4.69) is 20.6 Å². The number of carbonyl (C=O) groups excluding carboxylic acids is 1. The van der Waals surface area contributed by atoms with Crippen LogP contribution in [0, 0.1) is 0 Å². The molecule has 1 aliphatic heterocycles. The lowest BCUT2D eigenvalue weighted by Crippen LogP contribution is -2.13. The Bertz CT molecular complexity index is 1120. The zero-order valence-electron chi connectivity index (χ0n) is 15.2. The number of aromatic nitrogens is 2. The van der Waals surface area contributed by atoms with Crippen molar-refractivity contribution in [2.75, 3.05) is 17.4 Å². The summed E-state index contributed by atoms with van der Waals surface area (Å²) in [7, 11) is 0. The number of alkyl halides is 3. The molecule has 1 aromatic heterocycles. The van der Waals surface area contributed by atoms with Gasteiger partial charge in [0.25, 0.3) is 0 Å². The van der Waals surface area contributed by atoms with E-state index in [1.54, 1.807) is 24.3 Å². The number of fused-ring (bicyclic) bond motifs is 1. The van der Waals surface area contributed by atoms with Gasteiger partial charge in [0, 0.05) is 29.2 Å². The standard InChI is InChI=1S/C19H14F3N5O3/c20-19(21,22)13-8-24-18(26-11-3-1-2-10(6-11)16(23)28)27-17(13)25-12-4-5-14-15(7-12)30-9-29-14/h1-8H,9H2,(H2,23,28)(H2,24,25,26,27). The Hall–Kier alpha value is -4.02. The van der Waals surface area contributed by atoms with Crippen molar-refractivity contribution in [1.29, 1.82) is 0 Å². The molecule has 1 aliphatic rings. The van der Waals surface area contributed by atoms with Crippen molar-refractivity contribution in [3.8, 4) is 11.5 Å². The molecule has 154 valence electrons. The first-order valence-electron chi connectivity index (χ1n) is 8.57. The first-order chi connectivity index (χ1) is 14.3. The van der Waals surface area contributed by atoms with E-state index in [0.717, 1.165) is 0 Å². The average molecular weight is 417 g/mol. The number of primary amides is 1. The summed E-state index contributed by atoms with van der Waals surface area (Å²) in [6.07, 6.45) is -4.01. The van der Waals surface area contributed by atoms with Crippen molar-refractivity contribution in [1.82, 2.24) is 9.97 Å². The number of nitrogens with zero attached hydrogens (tertiary/aromatic N) is 2. The zero-order chi connectivity index (χ0) is 21.3. The number of nitrogens with one attached hydrogen (secondary N) is 2. The fourth-order valence-electron chi connectivity index (χ4n) is 2.74. The molecular weight excluding hydrogens is 403 g/mol. The number of carbonyl (C=O) groups is 1. The Balaban J connectivity index is 1.66. The van der Waals surface area contributed by atoms with E-state index in [1.165, 1.54) is 18.2 Å². The van der Waals surface area contributed by atoms with Gasteiger partial charge in [0.1, 0.15) is 11.4 Å². The van der Waals surface area contributed by atoms with E-state index in [-0.39, 0.29) is 18.3 Å². The minimum absolute atomic E-state index is 0.0402. The molecule has 3 aromatic rings. The van der Waals surface area contributed by atoms with E-state index in [0.29, 0.717) is 29.1 Å². The SMILES string of the molecule is NC(=O)c1cccc(Nc2ncc(C(F)(F)F)c(Nc3ccc4c(c3)OCO4)n2)c1. The van der Waals surface area contributed by atoms with Crippen LogP contribution in [0.25, 0.3) is 0 Å². The number of rotatable bonds is 5. The van der Waals surface area contributed by atoms with Gasteiger partial charge in [-0.3, -0.25) is 4.79 Å². The number of ether oxygens (including phenoxy) is 2. The fraction of sp³-hybridized carbons (Fsp3) is 0.105. The number of nitrogens with two attached hydrogens (primary N) is 1. The Morgan fingerprint density at radius 3 is 2.57 bits per heavy atom. The zero-order valence-corrected chi connectivity index (χ0v) is 15.2. The molecule has 0 saturated heterocycles. The summed E-state index contributed by atoms with van der Waals surface area (Å²) in [5.74, 6) is -0.296. The normalized spacial score (nSPS) is 12.5. The van der Waals surface area contributed by atoms with Crippen LogP contribution in [-0.4, -0.2) is 22.7 Å². The van der Waals surface area contributed by atoms with Crippen molar-refractivity contribution in [2.24, 2.45) is 5.73 Å². The molecule has 1 amide bonds. The maximum Gasteiger partial charge on any atom is 0.421 e. The van der Waals surface area contributed by atoms with Crippen LogP contribution in [0.4, 0.5) is 36.3 Å². The summed E-state index contributed by atoms with van der Waals surface area (Å²) in [6, 6.07) is 10.7. The van der Waals surface area contributed by atoms with Crippen LogP contribution in [0.1, 0.15) is 15.9 Å². The molecule has 0 saturated carbocycles. The molecule has 0 radical (unpaired) electrons. The third kappa shape index (κ3) is 4.04. The molecule has 30 heavy (non-hydrogen) atoms. The van der Waals surface area contributed by atoms with E-state index in [1.807, 2.05) is 0 Å². The van der Waals surface area contributed by atoms with Crippen LogP contribution in [0.5, 0.6) is 11.5 Å². The molecule has 0 fully saturated rings. The molecule has 4 rings (SSSR count). The van der Waals surface area contributed by atoms with Crippen LogP contribution in [0.3, 0.4) is 0 Å². The van der Waals surface area contributed by atoms with Gasteiger partial charge in [-0.2, -0.15) is 18.2 Å². The Morgan fingerprint density at radius 2 is 1.80 bits per heavy atom. The van der Waals surface area contributed by atoms with Crippen molar-refractivity contribution < 1.29 is 27.4 Å². The summed E-state index contributed by atoms with van der Waals surface area (Å²) >= 11 is 0. The number of hydrogen-bond donors (Lipinski definition) is 3. The van der Waals surface area contributed by atoms with Crippen LogP contribution in [0.2, 0.25) is 0 Å². The third-order valence-electron chi connectivity index (χ3n) is 4.13. The Kier molecular flexibility index (Phi) is 4.78. The summed E-state index contributed by atoms with van der Waals surface area (Å²) in [6.45, 7) is 0.0402. The van der Waals surface area contributed by atoms with Gasteiger partial charge < -0.3 is 25.8 Å². The maximum atomic E-state index is 13.4. The summed E-state index contributed by atoms with van der Waals surface area (Å²) in [5, 5.41) is 5.41. The van der Waals surface area contributed by atoms with Gasteiger partial charge >= 0.3 is 6.18 Å². The quantitative estimate of drug-likeness (QED) is 0.579. The number of halogens is 3. The van der Waals surface area contributed by atoms with E-state index in [9.17, 15) is 18.0 Å². The van der Waals surface area contributed by atoms with E-state index < -0.39 is 23.5 Å². The van der Waals surface area contributed by atoms with Gasteiger partial charge in [0.2, 0.25) is 18.6 Å². The first-order valence-corrected chi connectivity index (χ1v) is 8.57. The lowest BCUT2D eigenvalue weighted by atomic mass is 10.2. The summed E-state index contributed by atoms with van der Waals surface area (Å²) in [4.78, 5) is 19.0. The molecule has 11 heteroatoms. The smallest absolute Gasteiger partial charge is 0.421 e. The van der Waals surface area contributed by atoms with Gasteiger partial charge in [-0.1, -0.05) is 6.07 Å². The largest absolute Gasteiger partial charge is 0.454 e. The predicted octanol–water partition coefficient (Wildman–Crippen LogP) is 3.81. The minimum atomic E-state index is -4.68. The maximum absolute atomic E-state index is 13.4. The average Bonchev–Trinajstić information content (AvgIpc) is 3.15. The Morgan fingerprint density at radius 1 is 1.03 bits per heavy atom. The molecule has 2 heterocycles. The summed E-state index contributed by atoms with van der Waals surface area (Å²) in [5.41, 5.74) is 5.14. The van der Waals surface area contributed by atoms with Gasteiger partial charge in [-0.25, -0.2) is 4.98 Å². The van der Waals surface area contributed by atoms with Crippen molar-refractivity contribution in [3.63, 3.8) is 0 Å². The van der Waals surface area contributed by atoms with E-state index in [4.69, 9.17) is 15.2 Å². The fourth-order valence-corrected chi connectivity index (χ4v) is 2.74. The molecule has 2 aromatic carbocycles. The second-order valence-electron chi connectivity index (χ2n) is 6.22. The molecule has 8 nitrogen and oxygen atoms in total. The van der Waals surface area contributed by atoms with Gasteiger partial charge in [-0.05, 0) is 30.3 Å². The number of amides is 1. The predicted molar refractivity (Wildman–Crippen MR) is 101 cm³/mol. The molecule has 0 atom stereocenters. The number of hydrogen-bond acceptors (Lipinski definition) is 7. The summed E-state index contributed by atoms with van der Waals surface area (Å²) < 4.78 is 50.7. The molecule has 4 N–H and O–H groups in total. The van der Waals surface area contributed by atoms with Crippen LogP contribution in [0.15, 0.2) is 48.7 Å². The van der Waals surface area contributed by atoms with Crippen molar-refractivity contribution in [3.05, 3.63) is 59.8 Å². The lowest BCUT2D eigenvalue weighted by molar-refractivity contribution is -0.137. The number of anilines is 4. The Labute approximate surface area is 167 Å². The highest BCUT2D eigenvalue weighted by atomic mass is 19.4. The highest BCUT2D eigenvalue weighted by Gasteiger charge is 2.35. The van der Waals surface area contributed by atoms with Crippen molar-refractivity contribution >= 4 is 29.0 Å². The third-order valence-corrected chi connectivity index (χ3v) is 4.13. The van der Waals surface area contributed by atoms with Crippen LogP contribution >= 0.6 is 0 Å². The monoisotopic (exact) mass is 417 g/mol. The van der Waals surface area contributed by atoms with Crippen LogP contribution < -0.4 is 25.8 Å². The first kappa shape index (κ1) is 19.3. The molecule has 0 spiro atoms. The second kappa shape index (κ2) is 7.43. The van der Waals surface area contributed by atoms with Crippen molar-refractivity contribution in [2.45, 2.75) is 6.18 Å². The van der Waals surface area contributed by atoms with Gasteiger partial charge in [0.05, 0.1) is 0 Å². The number of benzene rings is 2. The van der Waals surface area contributed by atoms with E-state index >= 15 is 0 Å². The lowest BCUT2D eigenvalue weighted by Gasteiger charge is -2.15. The second-order valence-corrected chi connectivity index (χ2v) is 6.22. The highest BCUT2D eigenvalue weighted by Crippen LogP contribution is 2.38. The molecule has 0 bridgehead atoms. The van der Waals surface area contributed by atoms with Gasteiger partial charge in [0.15, 0.2) is 11.5 Å². The molecule has 0 aliphatic carbocycles. The highest BCUT2D eigenvalue weighted by molar-refractivity contribution is 5.93.